The molecule has 0 atom stereocenters. The van der Waals surface area contributed by atoms with Gasteiger partial charge in [-0.15, -0.1) is 0 Å². The number of anilines is 1. The number of aromatic nitrogens is 1. The number of carbonyl (C=O) groups excluding carboxylic acids is 1. The van der Waals surface area contributed by atoms with Gasteiger partial charge in [-0.05, 0) is 44.2 Å². The molecule has 1 heterocycles. The zero-order valence-electron chi connectivity index (χ0n) is 14.2. The highest BCUT2D eigenvalue weighted by atomic mass is 35.5. The molecule has 134 valence electrons. The lowest BCUT2D eigenvalue weighted by molar-refractivity contribution is 0.102. The van der Waals surface area contributed by atoms with E-state index in [-0.39, 0.29) is 12.5 Å². The average Bonchev–Trinajstić information content (AvgIpc) is 2.94. The minimum atomic E-state index is -0.308. The average molecular weight is 391 g/mol. The molecule has 0 aliphatic carbocycles. The summed E-state index contributed by atoms with van der Waals surface area (Å²) in [4.78, 5) is 12.6. The molecule has 0 aliphatic heterocycles. The van der Waals surface area contributed by atoms with Crippen molar-refractivity contribution in [3.8, 4) is 5.75 Å². The maximum Gasteiger partial charge on any atom is 0.259 e. The van der Waals surface area contributed by atoms with E-state index in [0.29, 0.717) is 32.8 Å². The summed E-state index contributed by atoms with van der Waals surface area (Å²) in [6, 6.07) is 11.9. The van der Waals surface area contributed by atoms with E-state index in [9.17, 15) is 4.79 Å². The highest BCUT2D eigenvalue weighted by Gasteiger charge is 2.15. The second-order valence-electron chi connectivity index (χ2n) is 5.67. The first-order valence-corrected chi connectivity index (χ1v) is 8.61. The number of para-hydroxylation sites is 1. The summed E-state index contributed by atoms with van der Waals surface area (Å²) in [7, 11) is 0. The summed E-state index contributed by atoms with van der Waals surface area (Å²) in [6.07, 6.45) is 0. The Morgan fingerprint density at radius 3 is 2.62 bits per heavy atom. The van der Waals surface area contributed by atoms with E-state index in [1.165, 1.54) is 0 Å². The largest absolute Gasteiger partial charge is 0.488 e. The molecule has 1 N–H and O–H groups in total. The lowest BCUT2D eigenvalue weighted by atomic mass is 10.1. The van der Waals surface area contributed by atoms with E-state index in [4.69, 9.17) is 32.5 Å². The third-order valence-electron chi connectivity index (χ3n) is 3.86. The number of nitrogens with zero attached hydrogens (tertiary/aromatic N) is 1. The quantitative estimate of drug-likeness (QED) is 0.630. The van der Waals surface area contributed by atoms with Crippen LogP contribution in [0.1, 0.15) is 27.4 Å². The van der Waals surface area contributed by atoms with E-state index in [0.717, 1.165) is 11.3 Å². The lowest BCUT2D eigenvalue weighted by Crippen LogP contribution is -2.13. The lowest BCUT2D eigenvalue weighted by Gasteiger charge is -2.12. The van der Waals surface area contributed by atoms with E-state index < -0.39 is 0 Å². The molecule has 26 heavy (non-hydrogen) atoms. The van der Waals surface area contributed by atoms with Crippen LogP contribution in [0.3, 0.4) is 0 Å². The van der Waals surface area contributed by atoms with Gasteiger partial charge < -0.3 is 14.6 Å². The van der Waals surface area contributed by atoms with Gasteiger partial charge >= 0.3 is 0 Å². The number of carbonyl (C=O) groups is 1. The standard InChI is InChI=1S/C19H16Cl2N2O3/c1-11-15(12(2)26-23-11)10-25-18-6-4-3-5-14(18)19(24)22-13-7-8-16(20)17(21)9-13/h3-9H,10H2,1-2H3,(H,22,24). The number of rotatable bonds is 5. The Labute approximate surface area is 160 Å². The van der Waals surface area contributed by atoms with Gasteiger partial charge in [0.25, 0.3) is 5.91 Å². The van der Waals surface area contributed by atoms with E-state index in [1.807, 2.05) is 13.8 Å². The number of aryl methyl sites for hydroxylation is 2. The fourth-order valence-electron chi connectivity index (χ4n) is 2.41. The Hall–Kier alpha value is -2.50. The molecule has 5 nitrogen and oxygen atoms in total. The fraction of sp³-hybridized carbons (Fsp3) is 0.158. The van der Waals surface area contributed by atoms with Crippen LogP contribution in [0.15, 0.2) is 47.0 Å². The first kappa shape index (κ1) is 18.3. The third kappa shape index (κ3) is 4.00. The van der Waals surface area contributed by atoms with Crippen LogP contribution in [0.25, 0.3) is 0 Å². The molecule has 0 saturated heterocycles. The van der Waals surface area contributed by atoms with Gasteiger partial charge in [-0.25, -0.2) is 0 Å². The topological polar surface area (TPSA) is 64.4 Å². The van der Waals surface area contributed by atoms with Crippen molar-refractivity contribution in [1.82, 2.24) is 5.16 Å². The van der Waals surface area contributed by atoms with Gasteiger partial charge in [0.1, 0.15) is 18.1 Å². The number of nitrogens with one attached hydrogen (secondary N) is 1. The van der Waals surface area contributed by atoms with Crippen LogP contribution in [0.4, 0.5) is 5.69 Å². The van der Waals surface area contributed by atoms with Crippen LogP contribution in [0.2, 0.25) is 10.0 Å². The Bertz CT molecular complexity index is 934. The minimum absolute atomic E-state index is 0.262. The molecule has 3 rings (SSSR count). The molecule has 2 aromatic carbocycles. The summed E-state index contributed by atoms with van der Waals surface area (Å²) in [5.74, 6) is 0.850. The fourth-order valence-corrected chi connectivity index (χ4v) is 2.71. The van der Waals surface area contributed by atoms with Crippen LogP contribution < -0.4 is 10.1 Å². The van der Waals surface area contributed by atoms with Crippen molar-refractivity contribution in [3.05, 3.63) is 75.1 Å². The van der Waals surface area contributed by atoms with Gasteiger partial charge in [-0.1, -0.05) is 40.5 Å². The molecule has 0 unspecified atom stereocenters. The number of halogens is 2. The summed E-state index contributed by atoms with van der Waals surface area (Å²) < 4.78 is 11.0. The van der Waals surface area contributed by atoms with Crippen molar-refractivity contribution in [2.24, 2.45) is 0 Å². The molecule has 3 aromatic rings. The second kappa shape index (κ2) is 7.81. The molecule has 0 aliphatic rings. The third-order valence-corrected chi connectivity index (χ3v) is 4.60. The Kier molecular flexibility index (Phi) is 5.49. The van der Waals surface area contributed by atoms with Gasteiger partial charge in [0.05, 0.1) is 26.9 Å². The second-order valence-corrected chi connectivity index (χ2v) is 6.48. The van der Waals surface area contributed by atoms with Crippen molar-refractivity contribution in [2.45, 2.75) is 20.5 Å². The van der Waals surface area contributed by atoms with Gasteiger partial charge in [-0.2, -0.15) is 0 Å². The number of hydrogen-bond donors (Lipinski definition) is 1. The predicted molar refractivity (Wildman–Crippen MR) is 101 cm³/mol. The van der Waals surface area contributed by atoms with Crippen LogP contribution in [0.5, 0.6) is 5.75 Å². The molecule has 0 spiro atoms. The van der Waals surface area contributed by atoms with Crippen molar-refractivity contribution >= 4 is 34.8 Å². The van der Waals surface area contributed by atoms with Gasteiger partial charge in [0, 0.05) is 5.69 Å². The van der Waals surface area contributed by atoms with E-state index in [2.05, 4.69) is 10.5 Å². The zero-order chi connectivity index (χ0) is 18.7. The van der Waals surface area contributed by atoms with Crippen molar-refractivity contribution in [3.63, 3.8) is 0 Å². The van der Waals surface area contributed by atoms with Crippen molar-refractivity contribution in [1.29, 1.82) is 0 Å². The molecule has 0 fully saturated rings. The smallest absolute Gasteiger partial charge is 0.259 e. The highest BCUT2D eigenvalue weighted by molar-refractivity contribution is 6.42. The van der Waals surface area contributed by atoms with Gasteiger partial charge in [0.15, 0.2) is 0 Å². The Balaban J connectivity index is 1.77. The van der Waals surface area contributed by atoms with Crippen molar-refractivity contribution < 1.29 is 14.1 Å². The highest BCUT2D eigenvalue weighted by Crippen LogP contribution is 2.27. The first-order chi connectivity index (χ1) is 12.5. The number of benzene rings is 2. The summed E-state index contributed by atoms with van der Waals surface area (Å²) in [5.41, 5.74) is 2.58. The van der Waals surface area contributed by atoms with Crippen LogP contribution in [0, 0.1) is 13.8 Å². The molecule has 1 amide bonds. The van der Waals surface area contributed by atoms with Gasteiger partial charge in [0.2, 0.25) is 0 Å². The Morgan fingerprint density at radius 1 is 1.15 bits per heavy atom. The van der Waals surface area contributed by atoms with Crippen LogP contribution in [-0.4, -0.2) is 11.1 Å². The number of amides is 1. The van der Waals surface area contributed by atoms with Gasteiger partial charge in [-0.3, -0.25) is 4.79 Å². The number of ether oxygens (including phenoxy) is 1. The molecule has 0 saturated carbocycles. The minimum Gasteiger partial charge on any atom is -0.488 e. The predicted octanol–water partition coefficient (Wildman–Crippen LogP) is 5.43. The Morgan fingerprint density at radius 2 is 1.92 bits per heavy atom. The maximum atomic E-state index is 12.6. The molecular formula is C19H16Cl2N2O3. The molecular weight excluding hydrogens is 375 g/mol. The summed E-state index contributed by atoms with van der Waals surface area (Å²) >= 11 is 11.9. The molecule has 0 bridgehead atoms. The summed E-state index contributed by atoms with van der Waals surface area (Å²) in [5, 5.41) is 7.48. The zero-order valence-corrected chi connectivity index (χ0v) is 15.7. The molecule has 1 aromatic heterocycles. The molecule has 0 radical (unpaired) electrons. The SMILES string of the molecule is Cc1noc(C)c1COc1ccccc1C(=O)Nc1ccc(Cl)c(Cl)c1. The maximum absolute atomic E-state index is 12.6. The number of hydrogen-bond acceptors (Lipinski definition) is 4. The van der Waals surface area contributed by atoms with Crippen LogP contribution >= 0.6 is 23.2 Å². The van der Waals surface area contributed by atoms with E-state index in [1.54, 1.807) is 42.5 Å². The van der Waals surface area contributed by atoms with Crippen molar-refractivity contribution in [2.75, 3.05) is 5.32 Å². The first-order valence-electron chi connectivity index (χ1n) is 7.85. The monoisotopic (exact) mass is 390 g/mol. The summed E-state index contributed by atoms with van der Waals surface area (Å²) in [6.45, 7) is 3.93. The van der Waals surface area contributed by atoms with E-state index >= 15 is 0 Å². The molecule has 7 heteroatoms. The van der Waals surface area contributed by atoms with Crippen LogP contribution in [-0.2, 0) is 6.61 Å². The normalized spacial score (nSPS) is 10.6.